The SMILES string of the molecule is CN1Cc2ccccc2N(CC(=O)NCCc2ccccc2)C1=S. The minimum Gasteiger partial charge on any atom is -0.354 e. The molecule has 0 saturated heterocycles. The Morgan fingerprint density at radius 2 is 1.83 bits per heavy atom. The van der Waals surface area contributed by atoms with Crippen LogP contribution in [0.2, 0.25) is 0 Å². The lowest BCUT2D eigenvalue weighted by Crippen LogP contribution is -2.49. The van der Waals surface area contributed by atoms with Crippen molar-refractivity contribution in [2.24, 2.45) is 0 Å². The second-order valence-corrected chi connectivity index (χ2v) is 6.30. The van der Waals surface area contributed by atoms with E-state index in [1.165, 1.54) is 11.1 Å². The summed E-state index contributed by atoms with van der Waals surface area (Å²) in [7, 11) is 1.96. The number of nitrogens with zero attached hydrogens (tertiary/aromatic N) is 2. The minimum atomic E-state index is -0.0154. The second kappa shape index (κ2) is 7.45. The Morgan fingerprint density at radius 3 is 2.62 bits per heavy atom. The first-order valence-corrected chi connectivity index (χ1v) is 8.47. The zero-order valence-electron chi connectivity index (χ0n) is 13.7. The summed E-state index contributed by atoms with van der Waals surface area (Å²) in [6.45, 7) is 1.65. The van der Waals surface area contributed by atoms with Crippen LogP contribution in [0.15, 0.2) is 54.6 Å². The van der Waals surface area contributed by atoms with Gasteiger partial charge in [-0.2, -0.15) is 0 Å². The summed E-state index contributed by atoms with van der Waals surface area (Å²) < 4.78 is 0. The molecule has 0 saturated carbocycles. The van der Waals surface area contributed by atoms with Gasteiger partial charge in [-0.1, -0.05) is 48.5 Å². The van der Waals surface area contributed by atoms with Crippen LogP contribution in [0.4, 0.5) is 5.69 Å². The number of carbonyl (C=O) groups is 1. The zero-order valence-corrected chi connectivity index (χ0v) is 14.6. The Labute approximate surface area is 148 Å². The van der Waals surface area contributed by atoms with Crippen LogP contribution in [0.1, 0.15) is 11.1 Å². The molecule has 0 unspecified atom stereocenters. The van der Waals surface area contributed by atoms with E-state index in [1.54, 1.807) is 0 Å². The van der Waals surface area contributed by atoms with Crippen LogP contribution in [0.5, 0.6) is 0 Å². The van der Waals surface area contributed by atoms with Gasteiger partial charge in [-0.15, -0.1) is 0 Å². The van der Waals surface area contributed by atoms with Crippen LogP contribution < -0.4 is 10.2 Å². The topological polar surface area (TPSA) is 35.6 Å². The van der Waals surface area contributed by atoms with E-state index in [0.29, 0.717) is 11.7 Å². The molecule has 2 aromatic carbocycles. The number of amides is 1. The van der Waals surface area contributed by atoms with Crippen LogP contribution >= 0.6 is 12.2 Å². The molecule has 1 amide bonds. The fourth-order valence-electron chi connectivity index (χ4n) is 2.88. The van der Waals surface area contributed by atoms with Gasteiger partial charge in [0.2, 0.25) is 5.91 Å². The van der Waals surface area contributed by atoms with Gasteiger partial charge >= 0.3 is 0 Å². The average molecular weight is 339 g/mol. The number of carbonyl (C=O) groups excluding carboxylic acids is 1. The minimum absolute atomic E-state index is 0.0154. The molecule has 1 aliphatic rings. The van der Waals surface area contributed by atoms with Gasteiger partial charge in [0.1, 0.15) is 6.54 Å². The summed E-state index contributed by atoms with van der Waals surface area (Å²) in [5, 5.41) is 3.67. The molecule has 124 valence electrons. The maximum atomic E-state index is 12.3. The van der Waals surface area contributed by atoms with Crippen molar-refractivity contribution in [3.63, 3.8) is 0 Å². The summed E-state index contributed by atoms with van der Waals surface area (Å²) in [4.78, 5) is 16.2. The molecule has 1 aliphatic heterocycles. The zero-order chi connectivity index (χ0) is 16.9. The maximum Gasteiger partial charge on any atom is 0.240 e. The summed E-state index contributed by atoms with van der Waals surface area (Å²) in [5.74, 6) is -0.0154. The Hall–Kier alpha value is -2.40. The average Bonchev–Trinajstić information content (AvgIpc) is 2.60. The highest BCUT2D eigenvalue weighted by Gasteiger charge is 2.26. The number of anilines is 1. The first-order chi connectivity index (χ1) is 11.6. The number of hydrogen-bond donors (Lipinski definition) is 1. The molecule has 24 heavy (non-hydrogen) atoms. The predicted octanol–water partition coefficient (Wildman–Crippen LogP) is 2.58. The molecule has 5 heteroatoms. The maximum absolute atomic E-state index is 12.3. The Bertz CT molecular complexity index is 732. The Morgan fingerprint density at radius 1 is 1.12 bits per heavy atom. The van der Waals surface area contributed by atoms with Gasteiger partial charge in [0.15, 0.2) is 5.11 Å². The second-order valence-electron chi connectivity index (χ2n) is 5.94. The number of thiocarbonyl (C=S) groups is 1. The van der Waals surface area contributed by atoms with E-state index in [9.17, 15) is 4.79 Å². The van der Waals surface area contributed by atoms with Crippen molar-refractivity contribution in [1.29, 1.82) is 0 Å². The van der Waals surface area contributed by atoms with Gasteiger partial charge in [-0.25, -0.2) is 0 Å². The van der Waals surface area contributed by atoms with E-state index in [-0.39, 0.29) is 12.5 Å². The molecule has 0 atom stereocenters. The predicted molar refractivity (Wildman–Crippen MR) is 101 cm³/mol. The lowest BCUT2D eigenvalue weighted by molar-refractivity contribution is -0.119. The van der Waals surface area contributed by atoms with Crippen molar-refractivity contribution in [2.45, 2.75) is 13.0 Å². The van der Waals surface area contributed by atoms with Crippen LogP contribution in [0.3, 0.4) is 0 Å². The fraction of sp³-hybridized carbons (Fsp3) is 0.263. The largest absolute Gasteiger partial charge is 0.354 e. The third kappa shape index (κ3) is 3.74. The van der Waals surface area contributed by atoms with E-state index in [2.05, 4.69) is 23.5 Å². The molecule has 0 spiro atoms. The molecule has 3 rings (SSSR count). The number of fused-ring (bicyclic) bond motifs is 1. The number of benzene rings is 2. The smallest absolute Gasteiger partial charge is 0.240 e. The van der Waals surface area contributed by atoms with Crippen molar-refractivity contribution in [3.8, 4) is 0 Å². The summed E-state index contributed by atoms with van der Waals surface area (Å²) in [6, 6.07) is 18.2. The summed E-state index contributed by atoms with van der Waals surface area (Å²) >= 11 is 5.51. The highest BCUT2D eigenvalue weighted by atomic mass is 32.1. The third-order valence-electron chi connectivity index (χ3n) is 4.13. The van der Waals surface area contributed by atoms with Gasteiger partial charge in [0.05, 0.1) is 0 Å². The van der Waals surface area contributed by atoms with E-state index in [4.69, 9.17) is 12.2 Å². The number of hydrogen-bond acceptors (Lipinski definition) is 2. The lowest BCUT2D eigenvalue weighted by Gasteiger charge is -2.37. The lowest BCUT2D eigenvalue weighted by atomic mass is 10.1. The van der Waals surface area contributed by atoms with Gasteiger partial charge in [-0.05, 0) is 35.8 Å². The molecule has 4 nitrogen and oxygen atoms in total. The molecule has 0 fully saturated rings. The van der Waals surface area contributed by atoms with E-state index in [1.807, 2.05) is 53.2 Å². The van der Waals surface area contributed by atoms with Gasteiger partial charge < -0.3 is 15.1 Å². The van der Waals surface area contributed by atoms with Crippen LogP contribution in [-0.2, 0) is 17.8 Å². The highest BCUT2D eigenvalue weighted by Crippen LogP contribution is 2.27. The first kappa shape index (κ1) is 16.5. The summed E-state index contributed by atoms with van der Waals surface area (Å²) in [5.41, 5.74) is 3.43. The monoisotopic (exact) mass is 339 g/mol. The van der Waals surface area contributed by atoms with Crippen molar-refractivity contribution < 1.29 is 4.79 Å². The molecule has 2 aromatic rings. The molecule has 1 heterocycles. The molecule has 0 radical (unpaired) electrons. The van der Waals surface area contributed by atoms with Crippen LogP contribution in [0, 0.1) is 0 Å². The Kier molecular flexibility index (Phi) is 5.11. The molecule has 0 bridgehead atoms. The fourth-order valence-corrected chi connectivity index (χ4v) is 3.11. The highest BCUT2D eigenvalue weighted by molar-refractivity contribution is 7.80. The van der Waals surface area contributed by atoms with Crippen molar-refractivity contribution in [3.05, 3.63) is 65.7 Å². The summed E-state index contributed by atoms with van der Waals surface area (Å²) in [6.07, 6.45) is 0.827. The van der Waals surface area contributed by atoms with Crippen molar-refractivity contribution in [1.82, 2.24) is 10.2 Å². The molecule has 0 aromatic heterocycles. The molecule has 1 N–H and O–H groups in total. The third-order valence-corrected chi connectivity index (χ3v) is 4.66. The van der Waals surface area contributed by atoms with E-state index in [0.717, 1.165) is 18.7 Å². The van der Waals surface area contributed by atoms with Crippen LogP contribution in [0.25, 0.3) is 0 Å². The van der Waals surface area contributed by atoms with Crippen molar-refractivity contribution in [2.75, 3.05) is 25.0 Å². The standard InChI is InChI=1S/C19H21N3OS/c1-21-13-16-9-5-6-10-17(16)22(19(21)24)14-18(23)20-12-11-15-7-3-2-4-8-15/h2-10H,11-14H2,1H3,(H,20,23). The van der Waals surface area contributed by atoms with E-state index >= 15 is 0 Å². The molecular formula is C19H21N3OS. The number of para-hydroxylation sites is 1. The van der Waals surface area contributed by atoms with Crippen molar-refractivity contribution >= 4 is 28.9 Å². The van der Waals surface area contributed by atoms with Gasteiger partial charge in [-0.3, -0.25) is 4.79 Å². The normalized spacial score (nSPS) is 13.6. The van der Waals surface area contributed by atoms with Gasteiger partial charge in [0, 0.05) is 25.8 Å². The molecular weight excluding hydrogens is 318 g/mol. The Balaban J connectivity index is 1.60. The van der Waals surface area contributed by atoms with Crippen LogP contribution in [-0.4, -0.2) is 36.1 Å². The van der Waals surface area contributed by atoms with Gasteiger partial charge in [0.25, 0.3) is 0 Å². The van der Waals surface area contributed by atoms with E-state index < -0.39 is 0 Å². The quantitative estimate of drug-likeness (QED) is 0.850. The number of rotatable bonds is 5. The first-order valence-electron chi connectivity index (χ1n) is 8.06. The molecule has 0 aliphatic carbocycles. The number of nitrogens with one attached hydrogen (secondary N) is 1.